The number of aromatic carboxylic acids is 1. The summed E-state index contributed by atoms with van der Waals surface area (Å²) in [6.45, 7) is 3.93. The number of nitrogens with zero attached hydrogens (tertiary/aromatic N) is 2. The van der Waals surface area contributed by atoms with E-state index in [2.05, 4.69) is 16.9 Å². The van der Waals surface area contributed by atoms with E-state index in [0.29, 0.717) is 17.4 Å². The molecule has 1 aromatic rings. The molecule has 104 valence electrons. The van der Waals surface area contributed by atoms with Crippen LogP contribution in [0, 0.1) is 12.8 Å². The lowest BCUT2D eigenvalue weighted by Crippen LogP contribution is -2.35. The Kier molecular flexibility index (Phi) is 3.85. The van der Waals surface area contributed by atoms with Crippen LogP contribution in [0.4, 0.5) is 0 Å². The zero-order valence-electron chi connectivity index (χ0n) is 11.6. The first kappa shape index (κ1) is 13.9. The highest BCUT2D eigenvalue weighted by molar-refractivity contribution is 5.88. The minimum Gasteiger partial charge on any atom is -0.478 e. The van der Waals surface area contributed by atoms with Crippen LogP contribution >= 0.6 is 0 Å². The van der Waals surface area contributed by atoms with Gasteiger partial charge in [-0.1, -0.05) is 6.92 Å². The van der Waals surface area contributed by atoms with Crippen LogP contribution in [0.25, 0.3) is 0 Å². The van der Waals surface area contributed by atoms with E-state index in [0.717, 1.165) is 25.7 Å². The Morgan fingerprint density at radius 2 is 2.11 bits per heavy atom. The Labute approximate surface area is 113 Å². The molecule has 0 spiro atoms. The second kappa shape index (κ2) is 5.25. The van der Waals surface area contributed by atoms with Crippen molar-refractivity contribution < 1.29 is 14.6 Å². The van der Waals surface area contributed by atoms with Gasteiger partial charge in [0.1, 0.15) is 5.60 Å². The summed E-state index contributed by atoms with van der Waals surface area (Å²) in [5, 5.41) is 9.01. The molecule has 1 aromatic heterocycles. The molecule has 0 aliphatic heterocycles. The maximum absolute atomic E-state index is 11.0. The van der Waals surface area contributed by atoms with Gasteiger partial charge >= 0.3 is 5.97 Å². The molecule has 1 heterocycles. The molecule has 2 rings (SSSR count). The number of hydrogen-bond donors (Lipinski definition) is 1. The van der Waals surface area contributed by atoms with Crippen LogP contribution in [0.5, 0.6) is 0 Å². The average Bonchev–Trinajstić information content (AvgIpc) is 2.39. The molecule has 0 atom stereocenters. The zero-order chi connectivity index (χ0) is 14.0. The molecule has 19 heavy (non-hydrogen) atoms. The molecule has 1 saturated carbocycles. The van der Waals surface area contributed by atoms with Gasteiger partial charge < -0.3 is 9.84 Å². The average molecular weight is 264 g/mol. The molecule has 5 nitrogen and oxygen atoms in total. The topological polar surface area (TPSA) is 72.3 Å². The van der Waals surface area contributed by atoms with Crippen molar-refractivity contribution in [2.75, 3.05) is 7.11 Å². The molecular weight excluding hydrogens is 244 g/mol. The Morgan fingerprint density at radius 1 is 1.47 bits per heavy atom. The van der Waals surface area contributed by atoms with Gasteiger partial charge in [-0.05, 0) is 38.5 Å². The summed E-state index contributed by atoms with van der Waals surface area (Å²) in [5.41, 5.74) is 0.195. The normalized spacial score (nSPS) is 27.2. The molecule has 0 radical (unpaired) electrons. The second-order valence-corrected chi connectivity index (χ2v) is 5.38. The second-order valence-electron chi connectivity index (χ2n) is 5.38. The summed E-state index contributed by atoms with van der Waals surface area (Å²) >= 11 is 0. The van der Waals surface area contributed by atoms with Gasteiger partial charge in [0.25, 0.3) is 0 Å². The van der Waals surface area contributed by atoms with E-state index in [1.165, 1.54) is 6.20 Å². The van der Waals surface area contributed by atoms with Crippen LogP contribution in [-0.2, 0) is 10.3 Å². The number of carboxylic acids is 1. The van der Waals surface area contributed by atoms with Crippen LogP contribution in [0.2, 0.25) is 0 Å². The van der Waals surface area contributed by atoms with Crippen molar-refractivity contribution in [1.82, 2.24) is 9.97 Å². The lowest BCUT2D eigenvalue weighted by atomic mass is 9.79. The summed E-state index contributed by atoms with van der Waals surface area (Å²) in [7, 11) is 1.68. The van der Waals surface area contributed by atoms with Gasteiger partial charge in [0.15, 0.2) is 5.82 Å². The molecule has 1 aliphatic carbocycles. The maximum atomic E-state index is 11.0. The van der Waals surface area contributed by atoms with Crippen molar-refractivity contribution in [3.05, 3.63) is 23.3 Å². The molecule has 0 saturated heterocycles. The number of methoxy groups -OCH3 is 1. The van der Waals surface area contributed by atoms with Crippen molar-refractivity contribution in [3.63, 3.8) is 0 Å². The number of hydrogen-bond acceptors (Lipinski definition) is 4. The summed E-state index contributed by atoms with van der Waals surface area (Å²) in [5.74, 6) is 0.319. The van der Waals surface area contributed by atoms with Crippen LogP contribution in [0.3, 0.4) is 0 Å². The molecule has 0 amide bonds. The number of ether oxygens (including phenoxy) is 1. The lowest BCUT2D eigenvalue weighted by Gasteiger charge is -2.37. The lowest BCUT2D eigenvalue weighted by molar-refractivity contribution is -0.0598. The summed E-state index contributed by atoms with van der Waals surface area (Å²) in [6, 6.07) is 0. The van der Waals surface area contributed by atoms with Crippen molar-refractivity contribution in [2.45, 2.75) is 45.1 Å². The van der Waals surface area contributed by atoms with E-state index >= 15 is 0 Å². The maximum Gasteiger partial charge on any atom is 0.339 e. The first-order valence-corrected chi connectivity index (χ1v) is 6.61. The summed E-state index contributed by atoms with van der Waals surface area (Å²) < 4.78 is 5.70. The van der Waals surface area contributed by atoms with Crippen LogP contribution in [-0.4, -0.2) is 28.2 Å². The zero-order valence-corrected chi connectivity index (χ0v) is 11.6. The molecule has 5 heteroatoms. The van der Waals surface area contributed by atoms with Gasteiger partial charge in [0, 0.05) is 13.3 Å². The summed E-state index contributed by atoms with van der Waals surface area (Å²) in [4.78, 5) is 19.6. The van der Waals surface area contributed by atoms with Gasteiger partial charge in [0.2, 0.25) is 0 Å². The molecule has 1 aliphatic rings. The van der Waals surface area contributed by atoms with Crippen LogP contribution < -0.4 is 0 Å². The Balaban J connectivity index is 2.34. The quantitative estimate of drug-likeness (QED) is 0.908. The fraction of sp³-hybridized carbons (Fsp3) is 0.643. The van der Waals surface area contributed by atoms with Gasteiger partial charge in [-0.3, -0.25) is 0 Å². The van der Waals surface area contributed by atoms with E-state index in [1.54, 1.807) is 14.0 Å². The smallest absolute Gasteiger partial charge is 0.339 e. The number of carboxylic acid groups (broad SMARTS) is 1. The molecule has 1 N–H and O–H groups in total. The molecule has 1 fully saturated rings. The third kappa shape index (κ3) is 2.61. The van der Waals surface area contributed by atoms with E-state index < -0.39 is 11.6 Å². The molecule has 0 unspecified atom stereocenters. The number of rotatable bonds is 3. The number of carbonyl (C=O) groups is 1. The monoisotopic (exact) mass is 264 g/mol. The van der Waals surface area contributed by atoms with Crippen LogP contribution in [0.1, 0.15) is 54.5 Å². The van der Waals surface area contributed by atoms with E-state index in [9.17, 15) is 4.79 Å². The van der Waals surface area contributed by atoms with Crippen molar-refractivity contribution in [3.8, 4) is 0 Å². The highest BCUT2D eigenvalue weighted by Crippen LogP contribution is 2.40. The fourth-order valence-corrected chi connectivity index (χ4v) is 2.64. The third-order valence-electron chi connectivity index (χ3n) is 4.09. The Morgan fingerprint density at radius 3 is 2.58 bits per heavy atom. The van der Waals surface area contributed by atoms with Crippen molar-refractivity contribution >= 4 is 5.97 Å². The van der Waals surface area contributed by atoms with E-state index in [1.807, 2.05) is 0 Å². The minimum atomic E-state index is -0.993. The highest BCUT2D eigenvalue weighted by Gasteiger charge is 2.38. The SMILES string of the molecule is COC1(c2ncc(C(=O)O)c(C)n2)CCC(C)CC1. The Bertz CT molecular complexity index is 480. The van der Waals surface area contributed by atoms with Gasteiger partial charge in [-0.25, -0.2) is 14.8 Å². The fourth-order valence-electron chi connectivity index (χ4n) is 2.64. The highest BCUT2D eigenvalue weighted by atomic mass is 16.5. The first-order valence-electron chi connectivity index (χ1n) is 6.61. The first-order chi connectivity index (χ1) is 8.98. The predicted octanol–water partition coefficient (Wildman–Crippen LogP) is 2.54. The number of aryl methyl sites for hydroxylation is 1. The number of aromatic nitrogens is 2. The standard InChI is InChI=1S/C14H20N2O3/c1-9-4-6-14(19-3,7-5-9)13-15-8-11(12(17)18)10(2)16-13/h8-9H,4-7H2,1-3H3,(H,17,18). The van der Waals surface area contributed by atoms with Gasteiger partial charge in [0.05, 0.1) is 11.3 Å². The molecule has 0 aromatic carbocycles. The van der Waals surface area contributed by atoms with Crippen molar-refractivity contribution in [1.29, 1.82) is 0 Å². The minimum absolute atomic E-state index is 0.152. The van der Waals surface area contributed by atoms with Crippen molar-refractivity contribution in [2.24, 2.45) is 5.92 Å². The van der Waals surface area contributed by atoms with E-state index in [4.69, 9.17) is 9.84 Å². The summed E-state index contributed by atoms with van der Waals surface area (Å²) in [6.07, 6.45) is 5.32. The van der Waals surface area contributed by atoms with Gasteiger partial charge in [-0.15, -0.1) is 0 Å². The van der Waals surface area contributed by atoms with Crippen LogP contribution in [0.15, 0.2) is 6.20 Å². The largest absolute Gasteiger partial charge is 0.478 e. The van der Waals surface area contributed by atoms with E-state index in [-0.39, 0.29) is 5.56 Å². The Hall–Kier alpha value is -1.49. The molecule has 0 bridgehead atoms. The molecular formula is C14H20N2O3. The van der Waals surface area contributed by atoms with Gasteiger partial charge in [-0.2, -0.15) is 0 Å². The third-order valence-corrected chi connectivity index (χ3v) is 4.09. The predicted molar refractivity (Wildman–Crippen MR) is 70.0 cm³/mol.